The first kappa shape index (κ1) is 20.9. The molecule has 6 nitrogen and oxygen atoms in total. The average Bonchev–Trinajstić information content (AvgIpc) is 3.25. The Kier molecular flexibility index (Phi) is 6.59. The van der Waals surface area contributed by atoms with Crippen LogP contribution in [0.4, 0.5) is 0 Å². The number of carbonyl (C=O) groups excluding carboxylic acids is 3. The summed E-state index contributed by atoms with van der Waals surface area (Å²) in [5.41, 5.74) is 1.85. The van der Waals surface area contributed by atoms with Gasteiger partial charge in [-0.2, -0.15) is 0 Å². The van der Waals surface area contributed by atoms with Crippen LogP contribution in [0.25, 0.3) is 0 Å². The molecular formula is C20H26N2O4S. The van der Waals surface area contributed by atoms with E-state index in [9.17, 15) is 14.4 Å². The molecule has 1 N–H and O–H groups in total. The number of aromatic nitrogens is 1. The van der Waals surface area contributed by atoms with Crippen LogP contribution in [-0.4, -0.2) is 47.2 Å². The van der Waals surface area contributed by atoms with Crippen molar-refractivity contribution in [3.63, 3.8) is 0 Å². The first-order chi connectivity index (χ1) is 12.7. The lowest BCUT2D eigenvalue weighted by molar-refractivity contribution is 0.0591. The highest BCUT2D eigenvalue weighted by molar-refractivity contribution is 7.12. The molecule has 0 aliphatic carbocycles. The van der Waals surface area contributed by atoms with Crippen LogP contribution < -0.4 is 0 Å². The summed E-state index contributed by atoms with van der Waals surface area (Å²) in [5, 5.41) is 1.84. The van der Waals surface area contributed by atoms with Crippen molar-refractivity contribution in [1.29, 1.82) is 0 Å². The molecule has 0 fully saturated rings. The molecule has 7 heteroatoms. The first-order valence-electron chi connectivity index (χ1n) is 8.85. The molecule has 27 heavy (non-hydrogen) atoms. The largest absolute Gasteiger partial charge is 0.464 e. The van der Waals surface area contributed by atoms with Gasteiger partial charge in [0.15, 0.2) is 5.78 Å². The number of Topliss-reactive ketones (excluding diaryl/α,β-unsaturated/α-hetero) is 1. The molecule has 2 heterocycles. The van der Waals surface area contributed by atoms with Crippen LogP contribution in [0.5, 0.6) is 0 Å². The minimum absolute atomic E-state index is 0.154. The second kappa shape index (κ2) is 8.52. The van der Waals surface area contributed by atoms with Gasteiger partial charge >= 0.3 is 5.97 Å². The Morgan fingerprint density at radius 2 is 1.89 bits per heavy atom. The fraction of sp³-hybridized carbons (Fsp3) is 0.450. The Labute approximate surface area is 163 Å². The van der Waals surface area contributed by atoms with E-state index in [1.54, 1.807) is 31.7 Å². The highest BCUT2D eigenvalue weighted by atomic mass is 32.1. The van der Waals surface area contributed by atoms with Crippen molar-refractivity contribution in [1.82, 2.24) is 9.88 Å². The maximum Gasteiger partial charge on any atom is 0.354 e. The van der Waals surface area contributed by atoms with Crippen molar-refractivity contribution in [2.45, 2.75) is 40.7 Å². The number of carbonyl (C=O) groups is 3. The fourth-order valence-electron chi connectivity index (χ4n) is 3.13. The highest BCUT2D eigenvalue weighted by Crippen LogP contribution is 2.24. The summed E-state index contributed by atoms with van der Waals surface area (Å²) in [5.74, 6) is -0.653. The van der Waals surface area contributed by atoms with Crippen LogP contribution in [0.15, 0.2) is 17.5 Å². The molecule has 2 aromatic heterocycles. The third kappa shape index (κ3) is 4.30. The zero-order chi connectivity index (χ0) is 20.3. The average molecular weight is 391 g/mol. The summed E-state index contributed by atoms with van der Waals surface area (Å²) in [6.07, 6.45) is 0. The van der Waals surface area contributed by atoms with Crippen LogP contribution in [-0.2, 0) is 4.74 Å². The number of aromatic amines is 1. The number of nitrogens with zero attached hydrogens (tertiary/aromatic N) is 1. The summed E-state index contributed by atoms with van der Waals surface area (Å²) >= 11 is 1.36. The molecule has 1 unspecified atom stereocenters. The molecule has 1 atom stereocenters. The van der Waals surface area contributed by atoms with E-state index in [-0.39, 0.29) is 23.3 Å². The van der Waals surface area contributed by atoms with E-state index in [4.69, 9.17) is 4.74 Å². The second-order valence-corrected chi connectivity index (χ2v) is 7.93. The van der Waals surface area contributed by atoms with Gasteiger partial charge in [-0.15, -0.1) is 11.3 Å². The van der Waals surface area contributed by atoms with E-state index in [0.717, 1.165) is 0 Å². The van der Waals surface area contributed by atoms with Gasteiger partial charge in [-0.05, 0) is 43.7 Å². The van der Waals surface area contributed by atoms with Crippen LogP contribution in [0.1, 0.15) is 62.5 Å². The van der Waals surface area contributed by atoms with E-state index >= 15 is 0 Å². The molecule has 0 aliphatic heterocycles. The number of hydrogen-bond donors (Lipinski definition) is 1. The zero-order valence-corrected chi connectivity index (χ0v) is 17.4. The van der Waals surface area contributed by atoms with Crippen molar-refractivity contribution in [3.8, 4) is 0 Å². The molecule has 1 amide bonds. The molecule has 2 aromatic rings. The van der Waals surface area contributed by atoms with Gasteiger partial charge in [0, 0.05) is 17.8 Å². The molecular weight excluding hydrogens is 364 g/mol. The molecule has 0 radical (unpaired) electrons. The lowest BCUT2D eigenvalue weighted by atomic mass is 9.99. The standard InChI is InChI=1S/C20H26N2O4S/c1-11(2)10-22(19(24)15-8-7-9-27-15)14(5)18(23)16-12(3)17(20(25)26-6)21-13(16)4/h7-9,11,14,21H,10H2,1-6H3. The number of nitrogens with one attached hydrogen (secondary N) is 1. The van der Waals surface area contributed by atoms with Gasteiger partial charge in [0.25, 0.3) is 5.91 Å². The van der Waals surface area contributed by atoms with Gasteiger partial charge in [0.05, 0.1) is 18.0 Å². The van der Waals surface area contributed by atoms with Crippen molar-refractivity contribution in [3.05, 3.63) is 44.9 Å². The second-order valence-electron chi connectivity index (χ2n) is 6.99. The van der Waals surface area contributed by atoms with E-state index < -0.39 is 12.0 Å². The smallest absolute Gasteiger partial charge is 0.354 e. The Morgan fingerprint density at radius 1 is 1.22 bits per heavy atom. The SMILES string of the molecule is COC(=O)c1[nH]c(C)c(C(=O)C(C)N(CC(C)C)C(=O)c2cccs2)c1C. The number of aryl methyl sites for hydroxylation is 1. The monoisotopic (exact) mass is 390 g/mol. The van der Waals surface area contributed by atoms with Gasteiger partial charge in [-0.1, -0.05) is 19.9 Å². The molecule has 0 bridgehead atoms. The highest BCUT2D eigenvalue weighted by Gasteiger charge is 2.32. The van der Waals surface area contributed by atoms with E-state index in [1.807, 2.05) is 25.3 Å². The van der Waals surface area contributed by atoms with Crippen LogP contribution >= 0.6 is 11.3 Å². The van der Waals surface area contributed by atoms with Gasteiger partial charge in [0.2, 0.25) is 0 Å². The van der Waals surface area contributed by atoms with Crippen molar-refractivity contribution in [2.24, 2.45) is 5.92 Å². The Hall–Kier alpha value is -2.41. The van der Waals surface area contributed by atoms with E-state index in [0.29, 0.717) is 28.2 Å². The first-order valence-corrected chi connectivity index (χ1v) is 9.73. The lowest BCUT2D eigenvalue weighted by Gasteiger charge is -2.29. The Morgan fingerprint density at radius 3 is 2.41 bits per heavy atom. The summed E-state index contributed by atoms with van der Waals surface area (Å²) in [7, 11) is 1.30. The number of hydrogen-bond acceptors (Lipinski definition) is 5. The number of H-pyrrole nitrogens is 1. The van der Waals surface area contributed by atoms with Gasteiger partial charge < -0.3 is 14.6 Å². The van der Waals surface area contributed by atoms with E-state index in [1.165, 1.54) is 18.4 Å². The topological polar surface area (TPSA) is 79.5 Å². The number of amides is 1. The molecule has 0 aliphatic rings. The van der Waals surface area contributed by atoms with Crippen LogP contribution in [0, 0.1) is 19.8 Å². The number of thiophene rings is 1. The number of methoxy groups -OCH3 is 1. The van der Waals surface area contributed by atoms with Gasteiger partial charge in [-0.3, -0.25) is 9.59 Å². The fourth-order valence-corrected chi connectivity index (χ4v) is 3.81. The van der Waals surface area contributed by atoms with Crippen molar-refractivity contribution < 1.29 is 19.1 Å². The molecule has 0 saturated heterocycles. The molecule has 2 rings (SSSR count). The third-order valence-electron chi connectivity index (χ3n) is 4.48. The maximum absolute atomic E-state index is 13.2. The quantitative estimate of drug-likeness (QED) is 0.575. The zero-order valence-electron chi connectivity index (χ0n) is 16.6. The van der Waals surface area contributed by atoms with Crippen molar-refractivity contribution in [2.75, 3.05) is 13.7 Å². The lowest BCUT2D eigenvalue weighted by Crippen LogP contribution is -2.45. The molecule has 0 aromatic carbocycles. The molecule has 0 spiro atoms. The third-order valence-corrected chi connectivity index (χ3v) is 5.33. The predicted molar refractivity (Wildman–Crippen MR) is 106 cm³/mol. The summed E-state index contributed by atoms with van der Waals surface area (Å²) < 4.78 is 4.77. The number of esters is 1. The molecule has 0 saturated carbocycles. The predicted octanol–water partition coefficient (Wildman–Crippen LogP) is 3.85. The number of rotatable bonds is 7. The van der Waals surface area contributed by atoms with Gasteiger partial charge in [-0.25, -0.2) is 4.79 Å². The number of ether oxygens (including phenoxy) is 1. The van der Waals surface area contributed by atoms with Gasteiger partial charge in [0.1, 0.15) is 5.69 Å². The van der Waals surface area contributed by atoms with Crippen LogP contribution in [0.3, 0.4) is 0 Å². The summed E-state index contributed by atoms with van der Waals surface area (Å²) in [4.78, 5) is 43.3. The molecule has 146 valence electrons. The summed E-state index contributed by atoms with van der Waals surface area (Å²) in [6, 6.07) is 2.93. The minimum Gasteiger partial charge on any atom is -0.464 e. The normalized spacial score (nSPS) is 12.1. The summed E-state index contributed by atoms with van der Waals surface area (Å²) in [6.45, 7) is 9.68. The minimum atomic E-state index is -0.652. The van der Waals surface area contributed by atoms with E-state index in [2.05, 4.69) is 4.98 Å². The maximum atomic E-state index is 13.2. The number of ketones is 1. The Bertz CT molecular complexity index is 837. The Balaban J connectivity index is 2.39. The van der Waals surface area contributed by atoms with Crippen molar-refractivity contribution >= 4 is 29.0 Å². The van der Waals surface area contributed by atoms with Crippen LogP contribution in [0.2, 0.25) is 0 Å².